The summed E-state index contributed by atoms with van der Waals surface area (Å²) in [4.78, 5) is 1.00. The van der Waals surface area contributed by atoms with Crippen molar-refractivity contribution in [1.29, 1.82) is 0 Å². The molecule has 3 unspecified atom stereocenters. The molecule has 1 aromatic rings. The summed E-state index contributed by atoms with van der Waals surface area (Å²) in [6.07, 6.45) is 0.941. The molecule has 1 aliphatic rings. The van der Waals surface area contributed by atoms with Crippen molar-refractivity contribution in [2.75, 3.05) is 6.54 Å². The van der Waals surface area contributed by atoms with Crippen molar-refractivity contribution in [2.24, 2.45) is 0 Å². The zero-order valence-corrected chi connectivity index (χ0v) is 11.9. The molecule has 16 heavy (non-hydrogen) atoms. The molecule has 2 rings (SSSR count). The molecule has 0 radical (unpaired) electrons. The van der Waals surface area contributed by atoms with Crippen LogP contribution in [0.2, 0.25) is 0 Å². The van der Waals surface area contributed by atoms with Crippen molar-refractivity contribution >= 4 is 26.7 Å². The van der Waals surface area contributed by atoms with Crippen LogP contribution >= 0.6 is 15.9 Å². The average molecular weight is 302 g/mol. The topological polar surface area (TPSA) is 29.1 Å². The summed E-state index contributed by atoms with van der Waals surface area (Å²) in [6, 6.07) is 6.28. The Labute approximate surface area is 107 Å². The van der Waals surface area contributed by atoms with Crippen LogP contribution in [0.5, 0.6) is 0 Å². The second-order valence-corrected chi connectivity index (χ2v) is 6.52. The fourth-order valence-electron chi connectivity index (χ4n) is 2.28. The molecule has 0 aromatic heterocycles. The number of hydrogen-bond donors (Lipinski definition) is 1. The first kappa shape index (κ1) is 12.3. The van der Waals surface area contributed by atoms with E-state index in [9.17, 15) is 4.21 Å². The second kappa shape index (κ2) is 4.98. The Morgan fingerprint density at radius 3 is 2.81 bits per heavy atom. The van der Waals surface area contributed by atoms with Crippen LogP contribution in [0.15, 0.2) is 27.6 Å². The van der Waals surface area contributed by atoms with Crippen LogP contribution in [0, 0.1) is 0 Å². The Balaban J connectivity index is 2.45. The van der Waals surface area contributed by atoms with Gasteiger partial charge in [-0.15, -0.1) is 0 Å². The van der Waals surface area contributed by atoms with Gasteiger partial charge in [0.25, 0.3) is 0 Å². The Bertz CT molecular complexity index is 421. The Morgan fingerprint density at radius 1 is 1.44 bits per heavy atom. The lowest BCUT2D eigenvalue weighted by Gasteiger charge is -2.18. The van der Waals surface area contributed by atoms with E-state index in [2.05, 4.69) is 41.2 Å². The minimum atomic E-state index is -0.859. The number of halogens is 1. The molecule has 0 fully saturated rings. The van der Waals surface area contributed by atoms with Gasteiger partial charge in [-0.1, -0.05) is 29.8 Å². The van der Waals surface area contributed by atoms with Gasteiger partial charge in [-0.05, 0) is 36.7 Å². The first-order valence-corrected chi connectivity index (χ1v) is 7.63. The van der Waals surface area contributed by atoms with E-state index in [4.69, 9.17) is 0 Å². The predicted octanol–water partition coefficient (Wildman–Crippen LogP) is 3.00. The highest BCUT2D eigenvalue weighted by Crippen LogP contribution is 2.39. The number of hydrogen-bond acceptors (Lipinski definition) is 2. The summed E-state index contributed by atoms with van der Waals surface area (Å²) in [6.45, 7) is 5.10. The minimum Gasteiger partial charge on any atom is -0.309 e. The lowest BCUT2D eigenvalue weighted by Crippen LogP contribution is -2.29. The summed E-state index contributed by atoms with van der Waals surface area (Å²) in [5.41, 5.74) is 1.20. The van der Waals surface area contributed by atoms with Crippen LogP contribution in [0.4, 0.5) is 0 Å². The zero-order valence-electron chi connectivity index (χ0n) is 9.50. The SMILES string of the molecule is CCNC1c2cc(Br)ccc2S(=O)C1CC. The largest absolute Gasteiger partial charge is 0.309 e. The van der Waals surface area contributed by atoms with Crippen molar-refractivity contribution in [3.63, 3.8) is 0 Å². The normalized spacial score (nSPS) is 28.1. The van der Waals surface area contributed by atoms with Crippen LogP contribution in [-0.2, 0) is 10.8 Å². The fraction of sp³-hybridized carbons (Fsp3) is 0.500. The summed E-state index contributed by atoms with van der Waals surface area (Å²) >= 11 is 3.48. The smallest absolute Gasteiger partial charge is 0.0587 e. The molecule has 3 atom stereocenters. The molecule has 4 heteroatoms. The van der Waals surface area contributed by atoms with Gasteiger partial charge < -0.3 is 5.32 Å². The number of fused-ring (bicyclic) bond motifs is 1. The van der Waals surface area contributed by atoms with Gasteiger partial charge in [0.15, 0.2) is 0 Å². The molecule has 1 aliphatic heterocycles. The Kier molecular flexibility index (Phi) is 3.82. The van der Waals surface area contributed by atoms with Crippen molar-refractivity contribution in [1.82, 2.24) is 5.32 Å². The van der Waals surface area contributed by atoms with Gasteiger partial charge in [0, 0.05) is 15.4 Å². The second-order valence-electron chi connectivity index (χ2n) is 3.96. The van der Waals surface area contributed by atoms with Gasteiger partial charge in [-0.3, -0.25) is 4.21 Å². The Hall–Kier alpha value is -0.190. The zero-order chi connectivity index (χ0) is 11.7. The molecule has 0 saturated heterocycles. The monoisotopic (exact) mass is 301 g/mol. The molecule has 0 amide bonds. The van der Waals surface area contributed by atoms with Gasteiger partial charge in [0.1, 0.15) is 0 Å². The molecule has 88 valence electrons. The highest BCUT2D eigenvalue weighted by Gasteiger charge is 2.36. The van der Waals surface area contributed by atoms with E-state index < -0.39 is 10.8 Å². The van der Waals surface area contributed by atoms with Crippen molar-refractivity contribution in [3.05, 3.63) is 28.2 Å². The maximum absolute atomic E-state index is 12.3. The van der Waals surface area contributed by atoms with Gasteiger partial charge in [0.2, 0.25) is 0 Å². The van der Waals surface area contributed by atoms with E-state index in [-0.39, 0.29) is 11.3 Å². The third-order valence-electron chi connectivity index (χ3n) is 3.00. The number of benzene rings is 1. The van der Waals surface area contributed by atoms with Gasteiger partial charge in [0.05, 0.1) is 16.0 Å². The third-order valence-corrected chi connectivity index (χ3v) is 5.45. The molecule has 0 bridgehead atoms. The summed E-state index contributed by atoms with van der Waals surface area (Å²) in [5.74, 6) is 0. The first-order valence-electron chi connectivity index (χ1n) is 5.62. The van der Waals surface area contributed by atoms with Gasteiger partial charge in [-0.2, -0.15) is 0 Å². The van der Waals surface area contributed by atoms with E-state index >= 15 is 0 Å². The maximum atomic E-state index is 12.3. The van der Waals surface area contributed by atoms with E-state index in [0.717, 1.165) is 22.3 Å². The number of nitrogens with one attached hydrogen (secondary N) is 1. The molecular weight excluding hydrogens is 286 g/mol. The third kappa shape index (κ3) is 1.98. The molecular formula is C12H16BrNOS. The predicted molar refractivity (Wildman–Crippen MR) is 71.0 cm³/mol. The highest BCUT2D eigenvalue weighted by molar-refractivity contribution is 9.10. The lowest BCUT2D eigenvalue weighted by atomic mass is 10.0. The molecule has 1 heterocycles. The van der Waals surface area contributed by atoms with E-state index in [1.807, 2.05) is 12.1 Å². The average Bonchev–Trinajstić information content (AvgIpc) is 2.52. The van der Waals surface area contributed by atoms with E-state index in [1.165, 1.54) is 5.56 Å². The van der Waals surface area contributed by atoms with E-state index in [1.54, 1.807) is 0 Å². The highest BCUT2D eigenvalue weighted by atomic mass is 79.9. The molecule has 0 saturated carbocycles. The molecule has 2 nitrogen and oxygen atoms in total. The van der Waals surface area contributed by atoms with Crippen molar-refractivity contribution in [3.8, 4) is 0 Å². The standard InChI is InChI=1S/C12H16BrNOS/c1-3-10-12(14-4-2)9-7-8(13)5-6-11(9)16(10)15/h5-7,10,12,14H,3-4H2,1-2H3. The molecule has 1 N–H and O–H groups in total. The molecule has 0 spiro atoms. The summed E-state index contributed by atoms with van der Waals surface area (Å²) in [5, 5.41) is 3.66. The lowest BCUT2D eigenvalue weighted by molar-refractivity contribution is 0.520. The molecule has 0 aliphatic carbocycles. The maximum Gasteiger partial charge on any atom is 0.0587 e. The molecule has 1 aromatic carbocycles. The van der Waals surface area contributed by atoms with Gasteiger partial charge >= 0.3 is 0 Å². The van der Waals surface area contributed by atoms with Crippen LogP contribution in [0.3, 0.4) is 0 Å². The van der Waals surface area contributed by atoms with Gasteiger partial charge in [-0.25, -0.2) is 0 Å². The summed E-state index contributed by atoms with van der Waals surface area (Å²) in [7, 11) is -0.859. The van der Waals surface area contributed by atoms with Crippen molar-refractivity contribution in [2.45, 2.75) is 36.5 Å². The van der Waals surface area contributed by atoms with Crippen LogP contribution in [-0.4, -0.2) is 16.0 Å². The fourth-order valence-corrected chi connectivity index (χ4v) is 4.40. The quantitative estimate of drug-likeness (QED) is 0.930. The number of rotatable bonds is 3. The minimum absolute atomic E-state index is 0.212. The first-order chi connectivity index (χ1) is 7.69. The van der Waals surface area contributed by atoms with Crippen LogP contribution in [0.1, 0.15) is 31.9 Å². The van der Waals surface area contributed by atoms with Crippen molar-refractivity contribution < 1.29 is 4.21 Å². The van der Waals surface area contributed by atoms with Crippen LogP contribution < -0.4 is 5.32 Å². The summed E-state index contributed by atoms with van der Waals surface area (Å²) < 4.78 is 13.3. The van der Waals surface area contributed by atoms with E-state index in [0.29, 0.717) is 0 Å². The van der Waals surface area contributed by atoms with Crippen LogP contribution in [0.25, 0.3) is 0 Å². The Morgan fingerprint density at radius 2 is 2.19 bits per heavy atom.